The Labute approximate surface area is 196 Å². The average Bonchev–Trinajstić information content (AvgIpc) is 3.10. The summed E-state index contributed by atoms with van der Waals surface area (Å²) in [6, 6.07) is 10.0. The van der Waals surface area contributed by atoms with Crippen LogP contribution >= 0.6 is 11.3 Å². The molecule has 0 saturated heterocycles. The van der Waals surface area contributed by atoms with Crippen molar-refractivity contribution in [3.05, 3.63) is 47.2 Å². The number of carbonyl (C=O) groups is 1. The summed E-state index contributed by atoms with van der Waals surface area (Å²) in [4.78, 5) is 22.1. The Balaban J connectivity index is 1.72. The van der Waals surface area contributed by atoms with E-state index in [4.69, 9.17) is 9.72 Å². The van der Waals surface area contributed by atoms with Crippen LogP contribution in [0.2, 0.25) is 0 Å². The Bertz CT molecular complexity index is 1060. The number of hydrogen-bond acceptors (Lipinski definition) is 5. The first-order valence-electron chi connectivity index (χ1n) is 10.7. The van der Waals surface area contributed by atoms with E-state index in [0.29, 0.717) is 19.0 Å². The summed E-state index contributed by atoms with van der Waals surface area (Å²) in [5, 5.41) is 3.06. The SMILES string of the molecule is CCCCOc1nc(C(C)(C)C)ccc1CNC(=O)C(C)c1ccc2nc([Se])sc2c1. The van der Waals surface area contributed by atoms with Gasteiger partial charge in [0.15, 0.2) is 0 Å². The van der Waals surface area contributed by atoms with Gasteiger partial charge in [0.2, 0.25) is 0 Å². The third-order valence-corrected chi connectivity index (χ3v) is 6.71. The third kappa shape index (κ3) is 6.06. The van der Waals surface area contributed by atoms with E-state index in [1.165, 1.54) is 0 Å². The molecule has 0 spiro atoms. The molecule has 2 aromatic heterocycles. The molecule has 0 bridgehead atoms. The summed E-state index contributed by atoms with van der Waals surface area (Å²) in [5.41, 5.74) is 3.75. The van der Waals surface area contributed by atoms with Gasteiger partial charge in [0, 0.05) is 11.1 Å². The number of fused-ring (bicyclic) bond motifs is 1. The van der Waals surface area contributed by atoms with Crippen LogP contribution in [0.5, 0.6) is 5.88 Å². The second kappa shape index (κ2) is 10.1. The zero-order valence-electron chi connectivity index (χ0n) is 18.8. The number of pyridine rings is 1. The van der Waals surface area contributed by atoms with Crippen LogP contribution in [0.4, 0.5) is 0 Å². The Morgan fingerprint density at radius 3 is 2.71 bits per heavy atom. The Hall–Kier alpha value is -1.95. The molecule has 0 aliphatic carbocycles. The normalized spacial score (nSPS) is 12.7. The Morgan fingerprint density at radius 2 is 2.00 bits per heavy atom. The monoisotopic (exact) mass is 504 g/mol. The predicted molar refractivity (Wildman–Crippen MR) is 129 cm³/mol. The molecule has 0 fully saturated rings. The van der Waals surface area contributed by atoms with Crippen molar-refractivity contribution in [2.75, 3.05) is 6.61 Å². The van der Waals surface area contributed by atoms with Crippen molar-refractivity contribution in [2.45, 2.75) is 65.3 Å². The minimum atomic E-state index is -0.262. The van der Waals surface area contributed by atoms with Gasteiger partial charge in [0.25, 0.3) is 0 Å². The van der Waals surface area contributed by atoms with Crippen molar-refractivity contribution in [2.24, 2.45) is 0 Å². The molecule has 0 aliphatic rings. The molecule has 1 unspecified atom stereocenters. The second-order valence-corrected chi connectivity index (χ2v) is 11.2. The van der Waals surface area contributed by atoms with Gasteiger partial charge in [-0.15, -0.1) is 0 Å². The maximum absolute atomic E-state index is 12.9. The molecule has 1 atom stereocenters. The van der Waals surface area contributed by atoms with Crippen LogP contribution in [0.25, 0.3) is 10.2 Å². The molecule has 3 rings (SSSR count). The molecular weight excluding hydrogens is 473 g/mol. The number of nitrogens with one attached hydrogen (secondary N) is 1. The van der Waals surface area contributed by atoms with Gasteiger partial charge >= 0.3 is 139 Å². The van der Waals surface area contributed by atoms with E-state index in [2.05, 4.69) is 60.1 Å². The van der Waals surface area contributed by atoms with Gasteiger partial charge < -0.3 is 0 Å². The number of rotatable bonds is 8. The molecule has 1 radical (unpaired) electrons. The maximum atomic E-state index is 12.9. The zero-order valence-corrected chi connectivity index (χ0v) is 21.3. The molecule has 0 aliphatic heterocycles. The van der Waals surface area contributed by atoms with E-state index < -0.39 is 0 Å². The van der Waals surface area contributed by atoms with Crippen LogP contribution in [-0.2, 0) is 16.8 Å². The van der Waals surface area contributed by atoms with Crippen LogP contribution in [0, 0.1) is 0 Å². The Morgan fingerprint density at radius 1 is 1.23 bits per heavy atom. The second-order valence-electron chi connectivity index (χ2n) is 8.76. The number of benzene rings is 1. The van der Waals surface area contributed by atoms with Crippen molar-refractivity contribution in [3.63, 3.8) is 0 Å². The summed E-state index contributed by atoms with van der Waals surface area (Å²) in [7, 11) is 0. The van der Waals surface area contributed by atoms with Crippen LogP contribution in [-0.4, -0.2) is 38.5 Å². The van der Waals surface area contributed by atoms with Crippen LogP contribution in [0.1, 0.15) is 70.2 Å². The molecular formula is C24H30N3O2SSe. The van der Waals surface area contributed by atoms with E-state index in [-0.39, 0.29) is 17.2 Å². The quantitative estimate of drug-likeness (QED) is 0.366. The number of aromatic nitrogens is 2. The fraction of sp³-hybridized carbons (Fsp3) is 0.458. The molecule has 7 heteroatoms. The standard InChI is InChI=1S/C24H30N3O2SSe/c1-6-7-12-29-22-17(9-11-20(27-22)24(3,4)5)14-25-21(28)15(2)16-8-10-18-19(13-16)30-23(31)26-18/h8-11,13,15H,6-7,12,14H2,1-5H3,(H,25,28). The molecule has 31 heavy (non-hydrogen) atoms. The predicted octanol–water partition coefficient (Wildman–Crippen LogP) is 4.38. The van der Waals surface area contributed by atoms with E-state index >= 15 is 0 Å². The molecule has 1 aromatic carbocycles. The number of ether oxygens (including phenoxy) is 1. The van der Waals surface area contributed by atoms with Gasteiger partial charge in [-0.2, -0.15) is 0 Å². The number of hydrogen-bond donors (Lipinski definition) is 1. The zero-order chi connectivity index (χ0) is 22.6. The molecule has 165 valence electrons. The first-order chi connectivity index (χ1) is 14.7. The van der Waals surface area contributed by atoms with E-state index in [1.54, 1.807) is 11.3 Å². The van der Waals surface area contributed by atoms with Gasteiger partial charge in [0.1, 0.15) is 0 Å². The van der Waals surface area contributed by atoms with Gasteiger partial charge in [-0.1, -0.05) is 34.1 Å². The molecule has 5 nitrogen and oxygen atoms in total. The molecule has 1 N–H and O–H groups in total. The summed E-state index contributed by atoms with van der Waals surface area (Å²) in [6.45, 7) is 11.5. The number of carbonyl (C=O) groups excluding carboxylic acids is 1. The molecule has 2 heterocycles. The third-order valence-electron chi connectivity index (χ3n) is 5.18. The van der Waals surface area contributed by atoms with E-state index in [1.807, 2.05) is 31.2 Å². The van der Waals surface area contributed by atoms with Gasteiger partial charge in [-0.05, 0) is 6.42 Å². The van der Waals surface area contributed by atoms with E-state index in [9.17, 15) is 4.79 Å². The van der Waals surface area contributed by atoms with Gasteiger partial charge in [0.05, 0.1) is 6.61 Å². The summed E-state index contributed by atoms with van der Waals surface area (Å²) in [5.74, 6) is 0.334. The summed E-state index contributed by atoms with van der Waals surface area (Å²) >= 11 is 4.55. The van der Waals surface area contributed by atoms with Gasteiger partial charge in [-0.3, -0.25) is 0 Å². The molecule has 3 aromatic rings. The van der Waals surface area contributed by atoms with Crippen molar-refractivity contribution >= 4 is 47.4 Å². The van der Waals surface area contributed by atoms with Crippen LogP contribution in [0.3, 0.4) is 0 Å². The average molecular weight is 504 g/mol. The summed E-state index contributed by atoms with van der Waals surface area (Å²) in [6.07, 6.45) is 2.03. The van der Waals surface area contributed by atoms with Crippen molar-refractivity contribution in [1.82, 2.24) is 15.3 Å². The number of nitrogens with zero attached hydrogens (tertiary/aromatic N) is 2. The summed E-state index contributed by atoms with van der Waals surface area (Å²) < 4.78 is 7.96. The number of unbranched alkanes of at least 4 members (excludes halogenated alkanes) is 1. The Kier molecular flexibility index (Phi) is 7.73. The number of amides is 1. The van der Waals surface area contributed by atoms with Crippen molar-refractivity contribution < 1.29 is 9.53 Å². The fourth-order valence-corrected chi connectivity index (χ4v) is 4.65. The van der Waals surface area contributed by atoms with Crippen molar-refractivity contribution in [1.29, 1.82) is 0 Å². The first-order valence-corrected chi connectivity index (χ1v) is 12.3. The minimum absolute atomic E-state index is 0.0217. The topological polar surface area (TPSA) is 64.1 Å². The van der Waals surface area contributed by atoms with Gasteiger partial charge in [-0.25, -0.2) is 0 Å². The van der Waals surface area contributed by atoms with Crippen molar-refractivity contribution in [3.8, 4) is 5.88 Å². The molecule has 1 amide bonds. The van der Waals surface area contributed by atoms with E-state index in [0.717, 1.165) is 43.8 Å². The fourth-order valence-electron chi connectivity index (χ4n) is 3.14. The first kappa shape index (κ1) is 23.7. The van der Waals surface area contributed by atoms with Crippen LogP contribution in [0.15, 0.2) is 30.3 Å². The van der Waals surface area contributed by atoms with Crippen LogP contribution < -0.4 is 14.0 Å². The molecule has 0 saturated carbocycles. The number of thiazole rings is 1.